The molecule has 0 radical (unpaired) electrons. The van der Waals surface area contributed by atoms with E-state index in [4.69, 9.17) is 0 Å². The summed E-state index contributed by atoms with van der Waals surface area (Å²) < 4.78 is 1.31. The lowest BCUT2D eigenvalue weighted by molar-refractivity contribution is 0.664. The van der Waals surface area contributed by atoms with Crippen LogP contribution in [0.15, 0.2) is 15.9 Å². The summed E-state index contributed by atoms with van der Waals surface area (Å²) in [5.74, 6) is 0. The van der Waals surface area contributed by atoms with Gasteiger partial charge >= 0.3 is 11.4 Å². The van der Waals surface area contributed by atoms with Gasteiger partial charge in [0.25, 0.3) is 0 Å². The molecule has 54 valence electrons. The van der Waals surface area contributed by atoms with Crippen LogP contribution in [-0.2, 0) is 6.54 Å². The summed E-state index contributed by atoms with van der Waals surface area (Å²) in [6, 6.07) is 0. The van der Waals surface area contributed by atoms with Gasteiger partial charge in [-0.1, -0.05) is 0 Å². The second-order valence-electron chi connectivity index (χ2n) is 1.77. The van der Waals surface area contributed by atoms with Gasteiger partial charge < -0.3 is 0 Å². The lowest BCUT2D eigenvalue weighted by atomic mass is 10.7. The molecule has 0 aliphatic heterocycles. The smallest absolute Gasteiger partial charge is 0.284 e. The molecule has 1 heterocycles. The van der Waals surface area contributed by atoms with Crippen LogP contribution in [0.4, 0.5) is 0 Å². The summed E-state index contributed by atoms with van der Waals surface area (Å²) in [7, 11) is 0. The van der Waals surface area contributed by atoms with Crippen molar-refractivity contribution in [2.45, 2.75) is 13.5 Å². The van der Waals surface area contributed by atoms with E-state index in [9.17, 15) is 9.59 Å². The van der Waals surface area contributed by atoms with Crippen molar-refractivity contribution in [2.24, 2.45) is 0 Å². The normalized spacial score (nSPS) is 9.70. The first-order valence-corrected chi connectivity index (χ1v) is 2.90. The molecule has 0 amide bonds. The summed E-state index contributed by atoms with van der Waals surface area (Å²) in [6.45, 7) is 2.31. The van der Waals surface area contributed by atoms with Crippen molar-refractivity contribution in [2.75, 3.05) is 0 Å². The monoisotopic (exact) mass is 141 g/mol. The van der Waals surface area contributed by atoms with Crippen molar-refractivity contribution in [3.05, 3.63) is 27.3 Å². The maximum absolute atomic E-state index is 10.7. The average Bonchev–Trinajstić information content (AvgIpc) is 1.88. The summed E-state index contributed by atoms with van der Waals surface area (Å²) in [5, 5.41) is 0. The Balaban J connectivity index is 3.34. The molecular formula is C5H7N3O2. The van der Waals surface area contributed by atoms with Crippen molar-refractivity contribution >= 4 is 0 Å². The minimum Gasteiger partial charge on any atom is -0.284 e. The SMILES string of the molecule is CCn1cnc(=O)[nH]c1=O. The van der Waals surface area contributed by atoms with Gasteiger partial charge in [-0.15, -0.1) is 0 Å². The highest BCUT2D eigenvalue weighted by molar-refractivity contribution is 4.65. The number of nitrogens with one attached hydrogen (secondary N) is 1. The number of H-pyrrole nitrogens is 1. The van der Waals surface area contributed by atoms with Crippen molar-refractivity contribution in [1.82, 2.24) is 14.5 Å². The van der Waals surface area contributed by atoms with Gasteiger partial charge in [0.1, 0.15) is 6.33 Å². The molecule has 1 rings (SSSR count). The third-order valence-corrected chi connectivity index (χ3v) is 1.13. The van der Waals surface area contributed by atoms with Gasteiger partial charge in [-0.2, -0.15) is 4.98 Å². The van der Waals surface area contributed by atoms with Crippen LogP contribution >= 0.6 is 0 Å². The number of aromatic nitrogens is 3. The highest BCUT2D eigenvalue weighted by Gasteiger charge is 1.90. The number of hydrogen-bond donors (Lipinski definition) is 1. The molecule has 0 saturated carbocycles. The highest BCUT2D eigenvalue weighted by atomic mass is 16.2. The van der Waals surface area contributed by atoms with Crippen LogP contribution in [0.1, 0.15) is 6.92 Å². The van der Waals surface area contributed by atoms with Crippen molar-refractivity contribution in [1.29, 1.82) is 0 Å². The number of aromatic amines is 1. The van der Waals surface area contributed by atoms with Gasteiger partial charge in [0.05, 0.1) is 0 Å². The van der Waals surface area contributed by atoms with Crippen molar-refractivity contribution < 1.29 is 0 Å². The van der Waals surface area contributed by atoms with E-state index in [1.165, 1.54) is 10.9 Å². The maximum Gasteiger partial charge on any atom is 0.350 e. The number of nitrogens with zero attached hydrogens (tertiary/aromatic N) is 2. The Morgan fingerprint density at radius 3 is 2.90 bits per heavy atom. The van der Waals surface area contributed by atoms with Gasteiger partial charge in [0.2, 0.25) is 0 Å². The molecule has 0 bridgehead atoms. The first kappa shape index (κ1) is 6.73. The first-order chi connectivity index (χ1) is 4.74. The van der Waals surface area contributed by atoms with E-state index >= 15 is 0 Å². The largest absolute Gasteiger partial charge is 0.350 e. The zero-order valence-electron chi connectivity index (χ0n) is 5.50. The van der Waals surface area contributed by atoms with E-state index in [2.05, 4.69) is 4.98 Å². The van der Waals surface area contributed by atoms with Gasteiger partial charge in [0, 0.05) is 6.54 Å². The summed E-state index contributed by atoms with van der Waals surface area (Å²) in [4.78, 5) is 26.5. The molecule has 0 aliphatic rings. The summed E-state index contributed by atoms with van der Waals surface area (Å²) >= 11 is 0. The van der Waals surface area contributed by atoms with Crippen LogP contribution in [0, 0.1) is 0 Å². The van der Waals surface area contributed by atoms with Crippen LogP contribution in [-0.4, -0.2) is 14.5 Å². The predicted molar refractivity (Wildman–Crippen MR) is 34.8 cm³/mol. The molecule has 10 heavy (non-hydrogen) atoms. The van der Waals surface area contributed by atoms with Gasteiger partial charge in [0.15, 0.2) is 0 Å². The Bertz CT molecular complexity index is 324. The Morgan fingerprint density at radius 2 is 2.40 bits per heavy atom. The third kappa shape index (κ3) is 1.12. The number of aryl methyl sites for hydroxylation is 1. The highest BCUT2D eigenvalue weighted by Crippen LogP contribution is 1.67. The molecular weight excluding hydrogens is 134 g/mol. The van der Waals surface area contributed by atoms with Gasteiger partial charge in [-0.3, -0.25) is 9.55 Å². The lowest BCUT2D eigenvalue weighted by Crippen LogP contribution is -2.30. The van der Waals surface area contributed by atoms with Crippen LogP contribution in [0.5, 0.6) is 0 Å². The second kappa shape index (κ2) is 2.47. The number of rotatable bonds is 1. The molecule has 1 aromatic rings. The minimum absolute atomic E-state index is 0.414. The standard InChI is InChI=1S/C5H7N3O2/c1-2-8-3-6-4(9)7-5(8)10/h3H,2H2,1H3,(H,7,9,10). The topological polar surface area (TPSA) is 67.8 Å². The predicted octanol–water partition coefficient (Wildman–Crippen LogP) is -1.05. The van der Waals surface area contributed by atoms with Gasteiger partial charge in [-0.05, 0) is 6.92 Å². The van der Waals surface area contributed by atoms with E-state index in [1.807, 2.05) is 4.98 Å². The fraction of sp³-hybridized carbons (Fsp3) is 0.400. The van der Waals surface area contributed by atoms with Crippen LogP contribution in [0.25, 0.3) is 0 Å². The molecule has 5 nitrogen and oxygen atoms in total. The number of hydrogen-bond acceptors (Lipinski definition) is 3. The van der Waals surface area contributed by atoms with Crippen LogP contribution < -0.4 is 11.4 Å². The van der Waals surface area contributed by atoms with E-state index in [0.29, 0.717) is 6.54 Å². The molecule has 1 N–H and O–H groups in total. The molecule has 0 aromatic carbocycles. The molecule has 0 saturated heterocycles. The molecule has 5 heteroatoms. The molecule has 0 aliphatic carbocycles. The van der Waals surface area contributed by atoms with Crippen molar-refractivity contribution in [3.63, 3.8) is 0 Å². The second-order valence-corrected chi connectivity index (χ2v) is 1.77. The van der Waals surface area contributed by atoms with Gasteiger partial charge in [-0.25, -0.2) is 9.59 Å². The fourth-order valence-electron chi connectivity index (χ4n) is 0.595. The van der Waals surface area contributed by atoms with E-state index < -0.39 is 11.4 Å². The molecule has 0 fully saturated rings. The lowest BCUT2D eigenvalue weighted by Gasteiger charge is -1.94. The fourth-order valence-corrected chi connectivity index (χ4v) is 0.595. The Kier molecular flexibility index (Phi) is 1.66. The molecule has 0 spiro atoms. The summed E-state index contributed by atoms with van der Waals surface area (Å²) in [6.07, 6.45) is 1.22. The summed E-state index contributed by atoms with van der Waals surface area (Å²) in [5.41, 5.74) is -1.02. The Labute approximate surface area is 56.4 Å². The zero-order chi connectivity index (χ0) is 7.56. The van der Waals surface area contributed by atoms with E-state index in [-0.39, 0.29) is 0 Å². The third-order valence-electron chi connectivity index (χ3n) is 1.13. The van der Waals surface area contributed by atoms with E-state index in [0.717, 1.165) is 0 Å². The quantitative estimate of drug-likeness (QED) is 0.542. The maximum atomic E-state index is 10.7. The Hall–Kier alpha value is -1.39. The molecule has 1 aromatic heterocycles. The minimum atomic E-state index is -0.602. The van der Waals surface area contributed by atoms with Crippen molar-refractivity contribution in [3.8, 4) is 0 Å². The van der Waals surface area contributed by atoms with E-state index in [1.54, 1.807) is 6.92 Å². The first-order valence-electron chi connectivity index (χ1n) is 2.90. The van der Waals surface area contributed by atoms with Crippen LogP contribution in [0.2, 0.25) is 0 Å². The van der Waals surface area contributed by atoms with Crippen LogP contribution in [0.3, 0.4) is 0 Å². The Morgan fingerprint density at radius 1 is 1.70 bits per heavy atom. The molecule has 0 atom stereocenters. The average molecular weight is 141 g/mol. The molecule has 0 unspecified atom stereocenters. The zero-order valence-corrected chi connectivity index (χ0v) is 5.50.